The fraction of sp³-hybridized carbons (Fsp3) is 0.286. The second-order valence-electron chi connectivity index (χ2n) is 8.89. The van der Waals surface area contributed by atoms with Crippen molar-refractivity contribution in [2.45, 2.75) is 32.4 Å². The zero-order valence-corrected chi connectivity index (χ0v) is 20.7. The lowest BCUT2D eigenvalue weighted by Crippen LogP contribution is -2.24. The molecule has 0 bridgehead atoms. The SMILES string of the molecule is COc1ccc(CN2CC(c3nc4ccccc4n3CCOc3ccc(Cl)c(C)c3)CC2=O)cc1. The number of para-hydroxylation sites is 2. The summed E-state index contributed by atoms with van der Waals surface area (Å²) in [5.41, 5.74) is 4.06. The number of nitrogens with zero attached hydrogens (tertiary/aromatic N) is 3. The molecule has 0 N–H and O–H groups in total. The van der Waals surface area contributed by atoms with E-state index in [1.807, 2.05) is 72.5 Å². The summed E-state index contributed by atoms with van der Waals surface area (Å²) in [6.07, 6.45) is 0.455. The van der Waals surface area contributed by atoms with Gasteiger partial charge in [-0.3, -0.25) is 4.79 Å². The highest BCUT2D eigenvalue weighted by Gasteiger charge is 2.34. The number of aryl methyl sites for hydroxylation is 1. The van der Waals surface area contributed by atoms with Crippen LogP contribution in [0.15, 0.2) is 66.7 Å². The molecule has 2 heterocycles. The number of likely N-dealkylation sites (tertiary alicyclic amines) is 1. The summed E-state index contributed by atoms with van der Waals surface area (Å²) in [4.78, 5) is 19.8. The number of imidazole rings is 1. The van der Waals surface area contributed by atoms with Gasteiger partial charge in [-0.2, -0.15) is 0 Å². The van der Waals surface area contributed by atoms with Crippen LogP contribution < -0.4 is 9.47 Å². The minimum atomic E-state index is 0.0333. The Kier molecular flexibility index (Phi) is 6.64. The summed E-state index contributed by atoms with van der Waals surface area (Å²) in [6, 6.07) is 21.6. The molecule has 6 nitrogen and oxygen atoms in total. The molecule has 180 valence electrons. The zero-order chi connectivity index (χ0) is 24.4. The number of aromatic nitrogens is 2. The Labute approximate surface area is 210 Å². The Morgan fingerprint density at radius 2 is 1.83 bits per heavy atom. The van der Waals surface area contributed by atoms with Gasteiger partial charge in [-0.15, -0.1) is 0 Å². The van der Waals surface area contributed by atoms with E-state index in [4.69, 9.17) is 26.1 Å². The van der Waals surface area contributed by atoms with E-state index >= 15 is 0 Å². The van der Waals surface area contributed by atoms with E-state index in [-0.39, 0.29) is 11.8 Å². The van der Waals surface area contributed by atoms with Gasteiger partial charge in [0.2, 0.25) is 5.91 Å². The van der Waals surface area contributed by atoms with Crippen LogP contribution in [0.4, 0.5) is 0 Å². The monoisotopic (exact) mass is 489 g/mol. The Morgan fingerprint density at radius 3 is 2.60 bits per heavy atom. The van der Waals surface area contributed by atoms with Crippen molar-refractivity contribution in [1.82, 2.24) is 14.5 Å². The van der Waals surface area contributed by atoms with Gasteiger partial charge in [-0.1, -0.05) is 35.9 Å². The van der Waals surface area contributed by atoms with Crippen LogP contribution in [0, 0.1) is 6.92 Å². The standard InChI is InChI=1S/C28H28ClN3O3/c1-19-15-23(11-12-24(19)29)35-14-13-32-26-6-4-3-5-25(26)30-28(32)21-16-27(33)31(18-21)17-20-7-9-22(34-2)10-8-20/h3-12,15,21H,13-14,16-18H2,1-2H3. The number of ether oxygens (including phenoxy) is 2. The molecule has 35 heavy (non-hydrogen) atoms. The van der Waals surface area contributed by atoms with Crippen molar-refractivity contribution in [3.63, 3.8) is 0 Å². The van der Waals surface area contributed by atoms with Gasteiger partial charge in [0.05, 0.1) is 24.7 Å². The third kappa shape index (κ3) is 4.98. The van der Waals surface area contributed by atoms with Crippen molar-refractivity contribution in [3.05, 3.63) is 88.7 Å². The minimum Gasteiger partial charge on any atom is -0.497 e. The molecule has 1 aliphatic rings. The van der Waals surface area contributed by atoms with Gasteiger partial charge in [-0.25, -0.2) is 4.98 Å². The van der Waals surface area contributed by atoms with Gasteiger partial charge >= 0.3 is 0 Å². The van der Waals surface area contributed by atoms with Crippen LogP contribution in [-0.2, 0) is 17.9 Å². The highest BCUT2D eigenvalue weighted by atomic mass is 35.5. The van der Waals surface area contributed by atoms with Gasteiger partial charge in [0.1, 0.15) is 23.9 Å². The van der Waals surface area contributed by atoms with Gasteiger partial charge in [0.25, 0.3) is 0 Å². The molecule has 0 aliphatic carbocycles. The van der Waals surface area contributed by atoms with Crippen LogP contribution >= 0.6 is 11.6 Å². The second-order valence-corrected chi connectivity index (χ2v) is 9.30. The van der Waals surface area contributed by atoms with Crippen molar-refractivity contribution < 1.29 is 14.3 Å². The average Bonchev–Trinajstić information content (AvgIpc) is 3.42. The fourth-order valence-corrected chi connectivity index (χ4v) is 4.77. The summed E-state index contributed by atoms with van der Waals surface area (Å²) >= 11 is 6.14. The van der Waals surface area contributed by atoms with Crippen LogP contribution in [0.5, 0.6) is 11.5 Å². The predicted molar refractivity (Wildman–Crippen MR) is 137 cm³/mol. The third-order valence-corrected chi connectivity index (χ3v) is 6.93. The Hall–Kier alpha value is -3.51. The topological polar surface area (TPSA) is 56.6 Å². The summed E-state index contributed by atoms with van der Waals surface area (Å²) in [6.45, 7) is 4.32. The van der Waals surface area contributed by atoms with E-state index in [1.165, 1.54) is 0 Å². The summed E-state index contributed by atoms with van der Waals surface area (Å²) in [5.74, 6) is 2.72. The Bertz CT molecular complexity index is 1350. The maximum atomic E-state index is 12.9. The van der Waals surface area contributed by atoms with Gasteiger partial charge < -0.3 is 18.9 Å². The van der Waals surface area contributed by atoms with Crippen molar-refractivity contribution in [2.24, 2.45) is 0 Å². The lowest BCUT2D eigenvalue weighted by Gasteiger charge is -2.18. The fourth-order valence-electron chi connectivity index (χ4n) is 4.65. The van der Waals surface area contributed by atoms with Crippen LogP contribution in [-0.4, -0.2) is 40.6 Å². The number of carbonyl (C=O) groups excluding carboxylic acids is 1. The minimum absolute atomic E-state index is 0.0333. The first kappa shape index (κ1) is 23.2. The molecular formula is C28H28ClN3O3. The Morgan fingerprint density at radius 1 is 1.06 bits per heavy atom. The van der Waals surface area contributed by atoms with Crippen molar-refractivity contribution in [1.29, 1.82) is 0 Å². The van der Waals surface area contributed by atoms with Crippen molar-refractivity contribution >= 4 is 28.5 Å². The predicted octanol–water partition coefficient (Wildman–Crippen LogP) is 5.60. The number of hydrogen-bond acceptors (Lipinski definition) is 4. The van der Waals surface area contributed by atoms with E-state index in [2.05, 4.69) is 10.6 Å². The highest BCUT2D eigenvalue weighted by Crippen LogP contribution is 2.31. The van der Waals surface area contributed by atoms with E-state index in [1.54, 1.807) is 7.11 Å². The molecule has 0 radical (unpaired) electrons. The molecule has 3 aromatic carbocycles. The first-order chi connectivity index (χ1) is 17.0. The smallest absolute Gasteiger partial charge is 0.223 e. The molecule has 1 fully saturated rings. The second kappa shape index (κ2) is 10.0. The molecule has 0 spiro atoms. The molecular weight excluding hydrogens is 462 g/mol. The molecule has 4 aromatic rings. The number of amides is 1. The zero-order valence-electron chi connectivity index (χ0n) is 19.9. The van der Waals surface area contributed by atoms with Crippen LogP contribution in [0.2, 0.25) is 5.02 Å². The van der Waals surface area contributed by atoms with E-state index in [0.29, 0.717) is 32.7 Å². The highest BCUT2D eigenvalue weighted by molar-refractivity contribution is 6.31. The Balaban J connectivity index is 1.33. The van der Waals surface area contributed by atoms with Crippen LogP contribution in [0.25, 0.3) is 11.0 Å². The van der Waals surface area contributed by atoms with Gasteiger partial charge in [0, 0.05) is 30.5 Å². The largest absolute Gasteiger partial charge is 0.497 e. The number of halogens is 1. The first-order valence-electron chi connectivity index (χ1n) is 11.8. The normalized spacial score (nSPS) is 15.7. The summed E-state index contributed by atoms with van der Waals surface area (Å²) < 4.78 is 13.5. The average molecular weight is 490 g/mol. The molecule has 5 rings (SSSR count). The quantitative estimate of drug-likeness (QED) is 0.323. The molecule has 1 unspecified atom stereocenters. The maximum Gasteiger partial charge on any atom is 0.223 e. The summed E-state index contributed by atoms with van der Waals surface area (Å²) in [5, 5.41) is 0.727. The number of rotatable bonds is 8. The van der Waals surface area contributed by atoms with E-state index < -0.39 is 0 Å². The lowest BCUT2D eigenvalue weighted by atomic mass is 10.1. The number of carbonyl (C=O) groups is 1. The van der Waals surface area contributed by atoms with Crippen molar-refractivity contribution in [2.75, 3.05) is 20.3 Å². The molecule has 1 amide bonds. The molecule has 7 heteroatoms. The van der Waals surface area contributed by atoms with Gasteiger partial charge in [0.15, 0.2) is 0 Å². The molecule has 1 saturated heterocycles. The van der Waals surface area contributed by atoms with Gasteiger partial charge in [-0.05, 0) is 60.5 Å². The van der Waals surface area contributed by atoms with Crippen LogP contribution in [0.3, 0.4) is 0 Å². The first-order valence-corrected chi connectivity index (χ1v) is 12.1. The number of hydrogen-bond donors (Lipinski definition) is 0. The molecule has 1 aromatic heterocycles. The van der Waals surface area contributed by atoms with Crippen molar-refractivity contribution in [3.8, 4) is 11.5 Å². The molecule has 1 aliphatic heterocycles. The maximum absolute atomic E-state index is 12.9. The summed E-state index contributed by atoms with van der Waals surface area (Å²) in [7, 11) is 1.65. The van der Waals surface area contributed by atoms with E-state index in [0.717, 1.165) is 44.5 Å². The number of fused-ring (bicyclic) bond motifs is 1. The van der Waals surface area contributed by atoms with Crippen LogP contribution in [0.1, 0.15) is 29.3 Å². The molecule has 0 saturated carbocycles. The van der Waals surface area contributed by atoms with E-state index in [9.17, 15) is 4.79 Å². The third-order valence-electron chi connectivity index (χ3n) is 6.51. The number of methoxy groups -OCH3 is 1. The number of benzene rings is 3. The molecule has 1 atom stereocenters. The lowest BCUT2D eigenvalue weighted by molar-refractivity contribution is -0.128.